The fourth-order valence-corrected chi connectivity index (χ4v) is 4.46. The third-order valence-corrected chi connectivity index (χ3v) is 4.21. The van der Waals surface area contributed by atoms with Crippen molar-refractivity contribution in [2.75, 3.05) is 0 Å². The molecular weight excluding hydrogens is 243 g/mol. The van der Waals surface area contributed by atoms with Gasteiger partial charge in [0.2, 0.25) is 0 Å². The Hall–Kier alpha value is 0.330. The van der Waals surface area contributed by atoms with E-state index in [1.807, 2.05) is 12.2 Å². The Morgan fingerprint density at radius 3 is 2.73 bits per heavy atom. The van der Waals surface area contributed by atoms with Gasteiger partial charge in [0.25, 0.3) is 0 Å². The number of nitrogens with two attached hydrogens (primary N) is 2. The van der Waals surface area contributed by atoms with Crippen LogP contribution in [-0.4, -0.2) is 10.3 Å². The Kier molecular flexibility index (Phi) is 2.89. The lowest BCUT2D eigenvalue weighted by atomic mass is 9.83. The molecule has 5 atom stereocenters. The molecule has 0 aromatic rings. The molecule has 0 radical (unpaired) electrons. The van der Waals surface area contributed by atoms with Gasteiger partial charge in [-0.1, -0.05) is 6.08 Å². The summed E-state index contributed by atoms with van der Waals surface area (Å²) in [5.41, 5.74) is 14.1. The van der Waals surface area contributed by atoms with Crippen molar-refractivity contribution >= 4 is 27.7 Å². The highest BCUT2D eigenvalue weighted by Crippen LogP contribution is 2.48. The molecule has 1 heterocycles. The Bertz CT molecular complexity index is 347. The summed E-state index contributed by atoms with van der Waals surface area (Å²) in [7, 11) is 8.37. The molecule has 5 N–H and O–H groups in total. The average molecular weight is 261 g/mol. The van der Waals surface area contributed by atoms with Crippen LogP contribution in [0.2, 0.25) is 0 Å². The molecule has 1 fully saturated rings. The van der Waals surface area contributed by atoms with Gasteiger partial charge in [0.05, 0.1) is 5.02 Å². The minimum Gasteiger partial charge on any atom is -0.399 e. The monoisotopic (exact) mass is 261 g/mol. The van der Waals surface area contributed by atoms with Crippen LogP contribution in [0.15, 0.2) is 23.5 Å². The van der Waals surface area contributed by atoms with Gasteiger partial charge < -0.3 is 16.8 Å². The van der Waals surface area contributed by atoms with Gasteiger partial charge >= 0.3 is 0 Å². The highest BCUT2D eigenvalue weighted by atomic mass is 31.1. The van der Waals surface area contributed by atoms with Crippen molar-refractivity contribution in [3.63, 3.8) is 0 Å². The van der Waals surface area contributed by atoms with Gasteiger partial charge in [0.15, 0.2) is 0 Å². The first-order valence-corrected chi connectivity index (χ1v) is 6.64. The van der Waals surface area contributed by atoms with Gasteiger partial charge in [-0.05, 0) is 18.9 Å². The number of nitrogens with one attached hydrogen (secondary N) is 1. The van der Waals surface area contributed by atoms with Crippen LogP contribution >= 0.6 is 27.7 Å². The van der Waals surface area contributed by atoms with E-state index in [9.17, 15) is 0 Å². The highest BCUT2D eigenvalue weighted by molar-refractivity contribution is 7.39. The molecule has 2 rings (SSSR count). The molecule has 5 unspecified atom stereocenters. The maximum absolute atomic E-state index is 6.34. The van der Waals surface area contributed by atoms with Crippen LogP contribution in [0.3, 0.4) is 0 Å². The van der Waals surface area contributed by atoms with Gasteiger partial charge in [-0.3, -0.25) is 0 Å². The topological polar surface area (TPSA) is 64.1 Å². The first kappa shape index (κ1) is 11.8. The predicted octanol–water partition coefficient (Wildman–Crippen LogP) is 0.660. The third kappa shape index (κ3) is 2.37. The summed E-state index contributed by atoms with van der Waals surface area (Å²) in [6.07, 6.45) is 5.81. The Balaban J connectivity index is 2.35. The molecule has 84 valence electrons. The molecule has 0 aromatic heterocycles. The SMILES string of the molecule is NC1=CCC2C(=C1)NC(P)(P)CC2(N)P. The smallest absolute Gasteiger partial charge is 0.0663 e. The van der Waals surface area contributed by atoms with Crippen LogP contribution in [0.4, 0.5) is 0 Å². The molecule has 0 spiro atoms. The summed E-state index contributed by atoms with van der Waals surface area (Å²) >= 11 is 0. The fraction of sp³-hybridized carbons (Fsp3) is 0.556. The first-order valence-electron chi connectivity index (χ1n) is 4.91. The van der Waals surface area contributed by atoms with Crippen LogP contribution in [0.1, 0.15) is 12.8 Å². The van der Waals surface area contributed by atoms with Crippen LogP contribution in [0.25, 0.3) is 0 Å². The van der Waals surface area contributed by atoms with E-state index in [4.69, 9.17) is 11.5 Å². The van der Waals surface area contributed by atoms with E-state index >= 15 is 0 Å². The Morgan fingerprint density at radius 1 is 1.40 bits per heavy atom. The van der Waals surface area contributed by atoms with E-state index < -0.39 is 0 Å². The number of hydrogen-bond acceptors (Lipinski definition) is 3. The summed E-state index contributed by atoms with van der Waals surface area (Å²) in [5.74, 6) is 0.323. The molecule has 15 heavy (non-hydrogen) atoms. The van der Waals surface area contributed by atoms with Gasteiger partial charge in [-0.25, -0.2) is 0 Å². The maximum Gasteiger partial charge on any atom is 0.0663 e. The molecule has 0 aromatic carbocycles. The predicted molar refractivity (Wildman–Crippen MR) is 75.0 cm³/mol. The van der Waals surface area contributed by atoms with Gasteiger partial charge in [0, 0.05) is 22.6 Å². The Labute approximate surface area is 97.5 Å². The highest BCUT2D eigenvalue weighted by Gasteiger charge is 2.44. The van der Waals surface area contributed by atoms with Crippen LogP contribution in [0.5, 0.6) is 0 Å². The minimum atomic E-state index is -0.266. The molecular formula is C9H18N3P3. The molecule has 1 aliphatic heterocycles. The average Bonchev–Trinajstić information content (AvgIpc) is 1.97. The van der Waals surface area contributed by atoms with Crippen molar-refractivity contribution in [3.8, 4) is 0 Å². The van der Waals surface area contributed by atoms with Gasteiger partial charge in [-0.15, -0.1) is 27.7 Å². The zero-order valence-electron chi connectivity index (χ0n) is 8.53. The van der Waals surface area contributed by atoms with Crippen molar-refractivity contribution in [1.29, 1.82) is 0 Å². The van der Waals surface area contributed by atoms with Crippen molar-refractivity contribution < 1.29 is 0 Å². The van der Waals surface area contributed by atoms with E-state index in [-0.39, 0.29) is 10.3 Å². The summed E-state index contributed by atoms with van der Waals surface area (Å²) < 4.78 is 0. The van der Waals surface area contributed by atoms with E-state index in [0.717, 1.165) is 24.2 Å². The zero-order valence-corrected chi connectivity index (χ0v) is 12.0. The van der Waals surface area contributed by atoms with Crippen molar-refractivity contribution in [1.82, 2.24) is 5.32 Å². The summed E-state index contributed by atoms with van der Waals surface area (Å²) in [6, 6.07) is 0. The van der Waals surface area contributed by atoms with E-state index in [0.29, 0.717) is 5.92 Å². The largest absolute Gasteiger partial charge is 0.399 e. The number of allylic oxidation sites excluding steroid dienone is 2. The van der Waals surface area contributed by atoms with E-state index in [2.05, 4.69) is 33.0 Å². The van der Waals surface area contributed by atoms with Gasteiger partial charge in [0.1, 0.15) is 0 Å². The molecule has 2 aliphatic rings. The minimum absolute atomic E-state index is 0.129. The normalized spacial score (nSPS) is 38.5. The quantitative estimate of drug-likeness (QED) is 0.561. The molecule has 6 heteroatoms. The molecule has 0 saturated carbocycles. The van der Waals surface area contributed by atoms with Crippen molar-refractivity contribution in [3.05, 3.63) is 23.5 Å². The van der Waals surface area contributed by atoms with Gasteiger partial charge in [-0.2, -0.15) is 0 Å². The molecule has 0 bridgehead atoms. The summed E-state index contributed by atoms with van der Waals surface area (Å²) in [6.45, 7) is 0. The summed E-state index contributed by atoms with van der Waals surface area (Å²) in [5, 5.41) is 3.06. The lowest BCUT2D eigenvalue weighted by molar-refractivity contribution is 0.317. The van der Waals surface area contributed by atoms with Crippen LogP contribution in [-0.2, 0) is 0 Å². The number of piperidine rings is 1. The second-order valence-electron chi connectivity index (χ2n) is 4.55. The molecule has 0 amide bonds. The third-order valence-electron chi connectivity index (χ3n) is 2.91. The molecule has 3 nitrogen and oxygen atoms in total. The van der Waals surface area contributed by atoms with E-state index in [1.165, 1.54) is 0 Å². The van der Waals surface area contributed by atoms with Crippen molar-refractivity contribution in [2.24, 2.45) is 17.4 Å². The lowest BCUT2D eigenvalue weighted by Crippen LogP contribution is -2.57. The number of rotatable bonds is 0. The second kappa shape index (κ2) is 3.67. The molecule has 1 saturated heterocycles. The van der Waals surface area contributed by atoms with Crippen molar-refractivity contribution in [2.45, 2.75) is 23.1 Å². The first-order chi connectivity index (χ1) is 6.80. The van der Waals surface area contributed by atoms with Crippen LogP contribution < -0.4 is 16.8 Å². The fourth-order valence-electron chi connectivity index (χ4n) is 2.29. The number of fused-ring (bicyclic) bond motifs is 1. The number of hydrogen-bond donors (Lipinski definition) is 3. The second-order valence-corrected chi connectivity index (χ2v) is 8.35. The van der Waals surface area contributed by atoms with E-state index in [1.54, 1.807) is 0 Å². The summed E-state index contributed by atoms with van der Waals surface area (Å²) in [4.78, 5) is 0. The Morgan fingerprint density at radius 2 is 2.07 bits per heavy atom. The van der Waals surface area contributed by atoms with Crippen LogP contribution in [0, 0.1) is 5.92 Å². The maximum atomic E-state index is 6.34. The zero-order chi connectivity index (χ0) is 11.3. The lowest BCUT2D eigenvalue weighted by Gasteiger charge is -2.49. The standard InChI is InChI=1S/C9H18N3P3/c10-5-1-2-6-7(3-5)12-9(14,15)4-8(6,11)13/h1,3,6,12H,2,4,10-11,13-15H2. The molecule has 1 aliphatic carbocycles.